The molecule has 21 heavy (non-hydrogen) atoms. The maximum atomic E-state index is 10.6. The van der Waals surface area contributed by atoms with Gasteiger partial charge in [0.2, 0.25) is 0 Å². The van der Waals surface area contributed by atoms with Gasteiger partial charge in [-0.05, 0) is 63.8 Å². The van der Waals surface area contributed by atoms with Gasteiger partial charge in [0.05, 0.1) is 6.04 Å². The predicted molar refractivity (Wildman–Crippen MR) is 92.4 cm³/mol. The molecule has 0 aromatic carbocycles. The van der Waals surface area contributed by atoms with Gasteiger partial charge in [-0.3, -0.25) is 4.90 Å². The third-order valence-corrected chi connectivity index (χ3v) is 4.00. The molecule has 0 aromatic heterocycles. The lowest BCUT2D eigenvalue weighted by atomic mass is 9.98. The molecule has 0 radical (unpaired) electrons. The van der Waals surface area contributed by atoms with Crippen LogP contribution >= 0.6 is 0 Å². The third kappa shape index (κ3) is 6.94. The molecule has 0 bridgehead atoms. The van der Waals surface area contributed by atoms with Crippen molar-refractivity contribution in [2.24, 2.45) is 0 Å². The van der Waals surface area contributed by atoms with Gasteiger partial charge in [0, 0.05) is 12.7 Å². The number of allylic oxidation sites excluding steroid dienone is 3. The fraction of sp³-hybridized carbons (Fsp3) is 0.722. The smallest absolute Gasteiger partial charge is 0.137 e. The van der Waals surface area contributed by atoms with Crippen LogP contribution in [0.1, 0.15) is 60.3 Å². The molecule has 0 aromatic rings. The first-order chi connectivity index (χ1) is 10.0. The molecule has 1 N–H and O–H groups in total. The molecular formula is C18H34N2O. The van der Waals surface area contributed by atoms with Crippen LogP contribution in [0.25, 0.3) is 0 Å². The number of nitrogens with zero attached hydrogens (tertiary/aromatic N) is 1. The second-order valence-corrected chi connectivity index (χ2v) is 5.57. The van der Waals surface area contributed by atoms with Crippen LogP contribution in [-0.2, 0) is 4.79 Å². The van der Waals surface area contributed by atoms with E-state index < -0.39 is 0 Å². The molecule has 0 aliphatic heterocycles. The lowest BCUT2D eigenvalue weighted by Gasteiger charge is -2.24. The van der Waals surface area contributed by atoms with Crippen LogP contribution < -0.4 is 5.32 Å². The van der Waals surface area contributed by atoms with Crippen LogP contribution in [0.2, 0.25) is 0 Å². The molecule has 0 spiro atoms. The van der Waals surface area contributed by atoms with Gasteiger partial charge in [0.15, 0.2) is 0 Å². The van der Waals surface area contributed by atoms with Crippen LogP contribution in [0.3, 0.4) is 0 Å². The van der Waals surface area contributed by atoms with E-state index in [1.807, 2.05) is 7.05 Å². The van der Waals surface area contributed by atoms with E-state index in [1.54, 1.807) is 0 Å². The zero-order chi connectivity index (χ0) is 16.3. The van der Waals surface area contributed by atoms with Gasteiger partial charge in [0.25, 0.3) is 0 Å². The Bertz CT molecular complexity index is 358. The third-order valence-electron chi connectivity index (χ3n) is 4.00. The second-order valence-electron chi connectivity index (χ2n) is 5.57. The summed E-state index contributed by atoms with van der Waals surface area (Å²) in [6.45, 7) is 12.7. The fourth-order valence-corrected chi connectivity index (χ4v) is 2.77. The van der Waals surface area contributed by atoms with Gasteiger partial charge < -0.3 is 10.1 Å². The van der Waals surface area contributed by atoms with E-state index in [1.165, 1.54) is 29.7 Å². The molecule has 0 saturated carbocycles. The normalized spacial score (nSPS) is 16.0. The summed E-state index contributed by atoms with van der Waals surface area (Å²) < 4.78 is 0. The molecule has 0 saturated heterocycles. The molecule has 122 valence electrons. The molecule has 0 heterocycles. The summed E-state index contributed by atoms with van der Waals surface area (Å²) in [5.41, 5.74) is 4.22. The predicted octanol–water partition coefficient (Wildman–Crippen LogP) is 3.92. The van der Waals surface area contributed by atoms with E-state index in [0.29, 0.717) is 0 Å². The molecule has 0 amide bonds. The average Bonchev–Trinajstić information content (AvgIpc) is 2.48. The van der Waals surface area contributed by atoms with Gasteiger partial charge in [-0.15, -0.1) is 0 Å². The molecule has 3 heteroatoms. The highest BCUT2D eigenvalue weighted by molar-refractivity contribution is 5.57. The van der Waals surface area contributed by atoms with Crippen LogP contribution in [0.15, 0.2) is 22.9 Å². The molecule has 1 unspecified atom stereocenters. The lowest BCUT2D eigenvalue weighted by Crippen LogP contribution is -2.36. The molecule has 1 atom stereocenters. The number of likely N-dealkylation sites (N-methyl/N-ethyl adjacent to an activating group) is 2. The van der Waals surface area contributed by atoms with Crippen molar-refractivity contribution in [1.82, 2.24) is 10.2 Å². The summed E-state index contributed by atoms with van der Waals surface area (Å²) in [6.07, 6.45) is 7.82. The van der Waals surface area contributed by atoms with Crippen molar-refractivity contribution in [3.63, 3.8) is 0 Å². The van der Waals surface area contributed by atoms with Crippen LogP contribution in [0.4, 0.5) is 0 Å². The molecular weight excluding hydrogens is 260 g/mol. The van der Waals surface area contributed by atoms with E-state index in [0.717, 1.165) is 32.2 Å². The van der Waals surface area contributed by atoms with Crippen molar-refractivity contribution in [2.75, 3.05) is 20.1 Å². The van der Waals surface area contributed by atoms with Crippen molar-refractivity contribution in [3.05, 3.63) is 22.9 Å². The zero-order valence-corrected chi connectivity index (χ0v) is 14.8. The van der Waals surface area contributed by atoms with E-state index >= 15 is 0 Å². The summed E-state index contributed by atoms with van der Waals surface area (Å²) in [4.78, 5) is 12.8. The highest BCUT2D eigenvalue weighted by atomic mass is 16.1. The number of carbonyl (C=O) groups excluding carboxylic acids is 1. The van der Waals surface area contributed by atoms with Gasteiger partial charge in [-0.1, -0.05) is 26.8 Å². The lowest BCUT2D eigenvalue weighted by molar-refractivity contribution is -0.112. The number of hydrogen-bond acceptors (Lipinski definition) is 3. The summed E-state index contributed by atoms with van der Waals surface area (Å²) in [6, 6.07) is 0.139. The Balaban J connectivity index is 0.000000382. The number of rotatable bonds is 7. The molecule has 1 aliphatic carbocycles. The van der Waals surface area contributed by atoms with E-state index in [4.69, 9.17) is 0 Å². The van der Waals surface area contributed by atoms with Crippen molar-refractivity contribution in [2.45, 2.75) is 66.3 Å². The SMILES string of the molecule is CCCN(CC)C(C=O)CC.CNC1=C(C)CCC=C1C. The van der Waals surface area contributed by atoms with Crippen molar-refractivity contribution in [3.8, 4) is 0 Å². The van der Waals surface area contributed by atoms with Crippen molar-refractivity contribution >= 4 is 6.29 Å². The van der Waals surface area contributed by atoms with Crippen LogP contribution in [-0.4, -0.2) is 37.4 Å². The maximum absolute atomic E-state index is 10.6. The quantitative estimate of drug-likeness (QED) is 0.722. The summed E-state index contributed by atoms with van der Waals surface area (Å²) >= 11 is 0. The summed E-state index contributed by atoms with van der Waals surface area (Å²) in [5.74, 6) is 0. The van der Waals surface area contributed by atoms with Gasteiger partial charge in [-0.25, -0.2) is 0 Å². The Hall–Kier alpha value is -1.09. The Labute approximate surface area is 131 Å². The van der Waals surface area contributed by atoms with Gasteiger partial charge >= 0.3 is 0 Å². The number of carbonyl (C=O) groups is 1. The largest absolute Gasteiger partial charge is 0.388 e. The standard InChI is InChI=1S/C9H19NO.C9H15N/c1-4-7-10(6-3)9(5-2)8-11;1-7-5-4-6-8(2)9(7)10-3/h8-9H,4-7H2,1-3H3;5,10H,4,6H2,1-3H3. The van der Waals surface area contributed by atoms with Gasteiger partial charge in [-0.2, -0.15) is 0 Å². The minimum absolute atomic E-state index is 0.139. The Kier molecular flexibility index (Phi) is 11.0. The number of aldehydes is 1. The molecule has 1 aliphatic rings. The fourth-order valence-electron chi connectivity index (χ4n) is 2.77. The minimum atomic E-state index is 0.139. The van der Waals surface area contributed by atoms with Gasteiger partial charge in [0.1, 0.15) is 6.29 Å². The highest BCUT2D eigenvalue weighted by Crippen LogP contribution is 2.21. The first-order valence-corrected chi connectivity index (χ1v) is 8.29. The second kappa shape index (κ2) is 11.6. The Morgan fingerprint density at radius 2 is 2.00 bits per heavy atom. The summed E-state index contributed by atoms with van der Waals surface area (Å²) in [5, 5.41) is 3.21. The van der Waals surface area contributed by atoms with E-state index in [-0.39, 0.29) is 6.04 Å². The monoisotopic (exact) mass is 294 g/mol. The highest BCUT2D eigenvalue weighted by Gasteiger charge is 2.11. The number of nitrogens with one attached hydrogen (secondary N) is 1. The topological polar surface area (TPSA) is 32.3 Å². The average molecular weight is 294 g/mol. The van der Waals surface area contributed by atoms with E-state index in [9.17, 15) is 4.79 Å². The first kappa shape index (κ1) is 19.9. The molecule has 3 nitrogen and oxygen atoms in total. The molecule has 0 fully saturated rings. The van der Waals surface area contributed by atoms with Crippen molar-refractivity contribution in [1.29, 1.82) is 0 Å². The Morgan fingerprint density at radius 3 is 2.33 bits per heavy atom. The summed E-state index contributed by atoms with van der Waals surface area (Å²) in [7, 11) is 1.99. The minimum Gasteiger partial charge on any atom is -0.388 e. The Morgan fingerprint density at radius 1 is 1.33 bits per heavy atom. The van der Waals surface area contributed by atoms with E-state index in [2.05, 4.69) is 50.9 Å². The maximum Gasteiger partial charge on any atom is 0.137 e. The number of hydrogen-bond donors (Lipinski definition) is 1. The van der Waals surface area contributed by atoms with Crippen molar-refractivity contribution < 1.29 is 4.79 Å². The first-order valence-electron chi connectivity index (χ1n) is 8.29. The van der Waals surface area contributed by atoms with Crippen LogP contribution in [0, 0.1) is 0 Å². The zero-order valence-electron chi connectivity index (χ0n) is 14.8. The van der Waals surface area contributed by atoms with Crippen LogP contribution in [0.5, 0.6) is 0 Å². The molecule has 1 rings (SSSR count).